The van der Waals surface area contributed by atoms with E-state index in [9.17, 15) is 39.5 Å². The van der Waals surface area contributed by atoms with Crippen LogP contribution in [-0.4, -0.2) is 45.8 Å². The van der Waals surface area contributed by atoms with Gasteiger partial charge in [0.25, 0.3) is 0 Å². The lowest BCUT2D eigenvalue weighted by molar-refractivity contribution is -0.141. The van der Waals surface area contributed by atoms with Gasteiger partial charge in [-0.2, -0.15) is 39.5 Å². The van der Waals surface area contributed by atoms with Crippen molar-refractivity contribution < 1.29 is 44.3 Å². The fraction of sp³-hybridized carbons (Fsp3) is 0.105. The van der Waals surface area contributed by atoms with E-state index in [0.29, 0.717) is 26.2 Å². The maximum atomic E-state index is 13.6. The Morgan fingerprint density at radius 1 is 0.517 bits per heavy atom. The van der Waals surface area contributed by atoms with E-state index in [0.717, 1.165) is 12.1 Å². The lowest BCUT2D eigenvalue weighted by atomic mass is 10.2. The van der Waals surface area contributed by atoms with Gasteiger partial charge in [0.1, 0.15) is 40.1 Å². The van der Waals surface area contributed by atoms with Crippen LogP contribution in [0.25, 0.3) is 34.3 Å². The van der Waals surface area contributed by atoms with Crippen molar-refractivity contribution in [3.63, 3.8) is 0 Å². The molecule has 11 nitrogen and oxygen atoms in total. The normalized spacial score (nSPS) is 12.0. The molecule has 0 spiro atoms. The van der Waals surface area contributed by atoms with Crippen LogP contribution in [0.3, 0.4) is 0 Å². The molecule has 308 valence electrons. The highest BCUT2D eigenvalue weighted by Crippen LogP contribution is 2.39. The molecule has 0 aliphatic heterocycles. The number of aromatic nitrogens is 8. The number of hydrogen-bond donors (Lipinski definition) is 2. The van der Waals surface area contributed by atoms with E-state index in [1.807, 2.05) is 0 Å². The third kappa shape index (κ3) is 9.28. The van der Waals surface area contributed by atoms with Gasteiger partial charge in [0, 0.05) is 45.1 Å². The number of nitrogens with one attached hydrogen (secondary N) is 2. The van der Waals surface area contributed by atoms with Gasteiger partial charge in [-0.1, -0.05) is 0 Å². The molecule has 0 aliphatic carbocycles. The summed E-state index contributed by atoms with van der Waals surface area (Å²) in [5.41, 5.74) is -2.45. The van der Waals surface area contributed by atoms with Crippen molar-refractivity contribution in [1.82, 2.24) is 38.7 Å². The van der Waals surface area contributed by atoms with Gasteiger partial charge in [0.05, 0.1) is 12.7 Å². The zero-order valence-electron chi connectivity index (χ0n) is 30.0. The number of anilines is 4. The maximum absolute atomic E-state index is 13.6. The Morgan fingerprint density at radius 2 is 0.933 bits per heavy atom. The Hall–Kier alpha value is -6.29. The van der Waals surface area contributed by atoms with Gasteiger partial charge in [-0.15, -0.1) is 0 Å². The second-order valence-corrected chi connectivity index (χ2v) is 14.2. The standard InChI is InChI=1S/C19H10BrF6N5.C19H13BrF3N5O/c20-11-3-6-14-30-16(19(24,25)26)15(31(14)9-11)17-27-8-7-13(29-17)28-12-4-1-10(2-5-12)18(21,22)23;1-29-13-5-3-12(4-6-13)25-14-8-9-24-18(26-14)16-17(19(21,22)23)27-15-7-2-11(20)10-28(15)16/h1-9H,(H,27,28,29);2-10H,1H3,(H,24,25,26). The molecule has 0 bridgehead atoms. The molecule has 0 amide bonds. The predicted octanol–water partition coefficient (Wildman–Crippen LogP) is 11.7. The number of halogens is 11. The molecule has 8 rings (SSSR count). The molecule has 6 aromatic heterocycles. The molecule has 6 heterocycles. The van der Waals surface area contributed by atoms with E-state index in [-0.39, 0.29) is 45.8 Å². The summed E-state index contributed by atoms with van der Waals surface area (Å²) < 4.78 is 129. The maximum Gasteiger partial charge on any atom is 0.435 e. The van der Waals surface area contributed by atoms with Gasteiger partial charge >= 0.3 is 18.5 Å². The molecule has 0 saturated carbocycles. The average Bonchev–Trinajstić information content (AvgIpc) is 3.78. The Morgan fingerprint density at radius 3 is 1.32 bits per heavy atom. The van der Waals surface area contributed by atoms with Gasteiger partial charge in [0.15, 0.2) is 23.0 Å². The Bertz CT molecular complexity index is 2810. The first-order valence-electron chi connectivity index (χ1n) is 16.9. The van der Waals surface area contributed by atoms with Crippen molar-refractivity contribution in [2.24, 2.45) is 0 Å². The third-order valence-electron chi connectivity index (χ3n) is 8.28. The molecule has 2 aromatic carbocycles. The van der Waals surface area contributed by atoms with E-state index in [1.165, 1.54) is 63.9 Å². The minimum atomic E-state index is -4.76. The zero-order valence-corrected chi connectivity index (χ0v) is 33.2. The molecule has 0 fully saturated rings. The molecule has 8 aromatic rings. The fourth-order valence-electron chi connectivity index (χ4n) is 5.66. The second-order valence-electron chi connectivity index (χ2n) is 12.3. The predicted molar refractivity (Wildman–Crippen MR) is 209 cm³/mol. The molecule has 0 unspecified atom stereocenters. The van der Waals surface area contributed by atoms with Crippen LogP contribution in [-0.2, 0) is 18.5 Å². The lowest BCUT2D eigenvalue weighted by Gasteiger charge is -2.11. The smallest absolute Gasteiger partial charge is 0.435 e. The minimum absolute atomic E-state index is 0.0511. The van der Waals surface area contributed by atoms with Crippen LogP contribution in [0.1, 0.15) is 17.0 Å². The molecule has 2 N–H and O–H groups in total. The topological polar surface area (TPSA) is 119 Å². The first kappa shape index (κ1) is 41.9. The van der Waals surface area contributed by atoms with Crippen LogP contribution in [0.15, 0.2) is 119 Å². The van der Waals surface area contributed by atoms with Gasteiger partial charge in [-0.3, -0.25) is 8.80 Å². The molecule has 0 aliphatic rings. The molecule has 0 atom stereocenters. The number of nitrogens with zero attached hydrogens (tertiary/aromatic N) is 8. The summed E-state index contributed by atoms with van der Waals surface area (Å²) in [5.74, 6) is 0.780. The molecule has 22 heteroatoms. The third-order valence-corrected chi connectivity index (χ3v) is 9.22. The highest BCUT2D eigenvalue weighted by molar-refractivity contribution is 9.10. The van der Waals surface area contributed by atoms with Crippen molar-refractivity contribution in [3.8, 4) is 28.8 Å². The van der Waals surface area contributed by atoms with Crippen LogP contribution in [0.4, 0.5) is 62.5 Å². The first-order valence-corrected chi connectivity index (χ1v) is 18.5. The molecular weight excluding hydrogens is 943 g/mol. The molecule has 0 radical (unpaired) electrons. The highest BCUT2D eigenvalue weighted by atomic mass is 79.9. The van der Waals surface area contributed by atoms with Gasteiger partial charge in [-0.25, -0.2) is 29.9 Å². The summed E-state index contributed by atoms with van der Waals surface area (Å²) in [4.78, 5) is 23.8. The summed E-state index contributed by atoms with van der Waals surface area (Å²) in [5, 5.41) is 5.81. The zero-order chi connectivity index (χ0) is 43.0. The Labute approximate surface area is 348 Å². The van der Waals surface area contributed by atoms with Crippen LogP contribution in [0, 0.1) is 0 Å². The highest BCUT2D eigenvalue weighted by Gasteiger charge is 2.40. The number of benzene rings is 2. The number of pyridine rings is 2. The monoisotopic (exact) mass is 964 g/mol. The second kappa shape index (κ2) is 16.4. The fourth-order valence-corrected chi connectivity index (χ4v) is 6.33. The van der Waals surface area contributed by atoms with Crippen molar-refractivity contribution in [3.05, 3.63) is 136 Å². The quantitative estimate of drug-likeness (QED) is 0.150. The van der Waals surface area contributed by atoms with E-state index in [4.69, 9.17) is 4.74 Å². The molecule has 60 heavy (non-hydrogen) atoms. The number of methoxy groups -OCH3 is 1. The number of alkyl halides is 9. The lowest BCUT2D eigenvalue weighted by Crippen LogP contribution is -2.09. The van der Waals surface area contributed by atoms with Crippen molar-refractivity contribution >= 4 is 66.2 Å². The van der Waals surface area contributed by atoms with Crippen LogP contribution >= 0.6 is 31.9 Å². The first-order chi connectivity index (χ1) is 28.4. The summed E-state index contributed by atoms with van der Waals surface area (Å²) in [6.07, 6.45) is -8.35. The van der Waals surface area contributed by atoms with Gasteiger partial charge in [-0.05, 0) is 117 Å². The largest absolute Gasteiger partial charge is 0.497 e. The van der Waals surface area contributed by atoms with E-state index < -0.39 is 35.5 Å². The summed E-state index contributed by atoms with van der Waals surface area (Å²) in [6.45, 7) is 0. The van der Waals surface area contributed by atoms with E-state index in [2.05, 4.69) is 72.4 Å². The van der Waals surface area contributed by atoms with Crippen molar-refractivity contribution in [2.45, 2.75) is 18.5 Å². The van der Waals surface area contributed by atoms with Crippen molar-refractivity contribution in [2.75, 3.05) is 17.7 Å². The van der Waals surface area contributed by atoms with Gasteiger partial charge < -0.3 is 15.4 Å². The molecule has 0 saturated heterocycles. The minimum Gasteiger partial charge on any atom is -0.497 e. The van der Waals surface area contributed by atoms with E-state index >= 15 is 0 Å². The van der Waals surface area contributed by atoms with Crippen molar-refractivity contribution in [1.29, 1.82) is 0 Å². The van der Waals surface area contributed by atoms with Crippen LogP contribution in [0.2, 0.25) is 0 Å². The van der Waals surface area contributed by atoms with E-state index in [1.54, 1.807) is 49.6 Å². The number of fused-ring (bicyclic) bond motifs is 2. The van der Waals surface area contributed by atoms with Crippen LogP contribution in [0.5, 0.6) is 5.75 Å². The number of imidazole rings is 2. The summed E-state index contributed by atoms with van der Waals surface area (Å²) in [7, 11) is 1.56. The SMILES string of the molecule is COc1ccc(Nc2ccnc(-c3c(C(F)(F)F)nc4ccc(Br)cn34)n2)cc1.FC(F)(F)c1ccc(Nc2ccnc(-c3c(C(F)(F)F)nc4ccc(Br)cn34)n2)cc1. The van der Waals surface area contributed by atoms with Crippen LogP contribution < -0.4 is 15.4 Å². The summed E-state index contributed by atoms with van der Waals surface area (Å²) in [6, 6.07) is 20.2. The van der Waals surface area contributed by atoms with Gasteiger partial charge in [0.2, 0.25) is 0 Å². The summed E-state index contributed by atoms with van der Waals surface area (Å²) >= 11 is 6.49. The molecular formula is C38H23Br2F9N10O. The average molecular weight is 966 g/mol. The number of ether oxygens (including phenoxy) is 1. The Balaban J connectivity index is 0.000000182. The number of rotatable bonds is 7. The number of hydrogen-bond acceptors (Lipinski definition) is 9. The Kier molecular flexibility index (Phi) is 11.4.